The second-order valence-electron chi connectivity index (χ2n) is 5.49. The maximum atomic E-state index is 13.2. The maximum Gasteiger partial charge on any atom is 0.359 e. The van der Waals surface area contributed by atoms with Gasteiger partial charge in [0.15, 0.2) is 5.71 Å². The van der Waals surface area contributed by atoms with Crippen molar-refractivity contribution < 1.29 is 23.5 Å². The molecule has 0 saturated carbocycles. The molecule has 7 heteroatoms. The van der Waals surface area contributed by atoms with Gasteiger partial charge in [0.2, 0.25) is 0 Å². The highest BCUT2D eigenvalue weighted by Crippen LogP contribution is 2.10. The highest BCUT2D eigenvalue weighted by atomic mass is 19.1. The first-order chi connectivity index (χ1) is 11.9. The average Bonchev–Trinajstić information content (AvgIpc) is 2.56. The van der Waals surface area contributed by atoms with Crippen LogP contribution in [0, 0.1) is 5.82 Å². The Balaban J connectivity index is 3.08. The lowest BCUT2D eigenvalue weighted by atomic mass is 10.1. The summed E-state index contributed by atoms with van der Waals surface area (Å²) in [7, 11) is 0. The quantitative estimate of drug-likeness (QED) is 0.388. The van der Waals surface area contributed by atoms with Gasteiger partial charge in [-0.2, -0.15) is 5.10 Å². The van der Waals surface area contributed by atoms with Crippen LogP contribution in [0.4, 0.5) is 4.39 Å². The molecule has 0 heterocycles. The van der Waals surface area contributed by atoms with Crippen molar-refractivity contribution >= 4 is 17.7 Å². The van der Waals surface area contributed by atoms with Crippen molar-refractivity contribution in [2.45, 2.75) is 40.2 Å². The van der Waals surface area contributed by atoms with E-state index < -0.39 is 11.8 Å². The zero-order valence-electron chi connectivity index (χ0n) is 15.1. The van der Waals surface area contributed by atoms with Crippen LogP contribution in [0.25, 0.3) is 0 Å². The van der Waals surface area contributed by atoms with Gasteiger partial charge in [-0.25, -0.2) is 9.18 Å². The molecule has 0 spiro atoms. The highest BCUT2D eigenvalue weighted by Gasteiger charge is 2.19. The summed E-state index contributed by atoms with van der Waals surface area (Å²) in [6, 6.07) is 5.38. The van der Waals surface area contributed by atoms with E-state index in [0.717, 1.165) is 0 Å². The van der Waals surface area contributed by atoms with Gasteiger partial charge in [-0.05, 0) is 52.0 Å². The molecule has 0 amide bonds. The molecule has 0 aliphatic rings. The highest BCUT2D eigenvalue weighted by molar-refractivity contribution is 6.43. The second kappa shape index (κ2) is 10.4. The standard InChI is InChI=1S/C18H25FN2O4/c1-5-24-16(22)11-12-21(13(3)4)20-17(18(23)25-6-2)14-7-9-15(19)10-8-14/h7-10,13H,5-6,11-12H2,1-4H3/b20-17-. The lowest BCUT2D eigenvalue weighted by molar-refractivity contribution is -0.143. The van der Waals surface area contributed by atoms with E-state index in [1.54, 1.807) is 18.9 Å². The van der Waals surface area contributed by atoms with Crippen LogP contribution in [0.1, 0.15) is 39.7 Å². The monoisotopic (exact) mass is 352 g/mol. The van der Waals surface area contributed by atoms with E-state index in [0.29, 0.717) is 18.7 Å². The Kier molecular flexibility index (Phi) is 8.60. The van der Waals surface area contributed by atoms with Crippen LogP contribution >= 0.6 is 0 Å². The Morgan fingerprint density at radius 3 is 2.24 bits per heavy atom. The first-order valence-electron chi connectivity index (χ1n) is 8.32. The van der Waals surface area contributed by atoms with Gasteiger partial charge in [0.1, 0.15) is 5.82 Å². The molecule has 0 atom stereocenters. The topological polar surface area (TPSA) is 68.2 Å². The molecule has 25 heavy (non-hydrogen) atoms. The van der Waals surface area contributed by atoms with Gasteiger partial charge in [-0.3, -0.25) is 9.80 Å². The lowest BCUT2D eigenvalue weighted by Gasteiger charge is -2.24. The fourth-order valence-electron chi connectivity index (χ4n) is 2.01. The normalized spacial score (nSPS) is 11.4. The zero-order valence-corrected chi connectivity index (χ0v) is 15.1. The molecule has 0 radical (unpaired) electrons. The van der Waals surface area contributed by atoms with Gasteiger partial charge in [-0.1, -0.05) is 0 Å². The number of esters is 2. The molecule has 1 aromatic carbocycles. The number of hydrogen-bond donors (Lipinski definition) is 0. The minimum absolute atomic E-state index is 0.0562. The number of ether oxygens (including phenoxy) is 2. The van der Waals surface area contributed by atoms with Crippen LogP contribution in [0.15, 0.2) is 29.4 Å². The predicted octanol–water partition coefficient (Wildman–Crippen LogP) is 2.76. The zero-order chi connectivity index (χ0) is 18.8. The molecule has 0 aromatic heterocycles. The molecule has 0 fully saturated rings. The number of halogens is 1. The molecule has 0 saturated heterocycles. The molecule has 1 rings (SSSR count). The van der Waals surface area contributed by atoms with Crippen LogP contribution in [0.2, 0.25) is 0 Å². The number of nitrogens with zero attached hydrogens (tertiary/aromatic N) is 2. The van der Waals surface area contributed by atoms with Crippen molar-refractivity contribution in [2.75, 3.05) is 19.8 Å². The van der Waals surface area contributed by atoms with E-state index in [4.69, 9.17) is 9.47 Å². The Morgan fingerprint density at radius 1 is 1.12 bits per heavy atom. The number of hydrazone groups is 1. The molecular weight excluding hydrogens is 327 g/mol. The van der Waals surface area contributed by atoms with Gasteiger partial charge in [-0.15, -0.1) is 0 Å². The number of hydrogen-bond acceptors (Lipinski definition) is 6. The van der Waals surface area contributed by atoms with Crippen molar-refractivity contribution in [2.24, 2.45) is 5.10 Å². The Bertz CT molecular complexity index is 600. The average molecular weight is 352 g/mol. The first kappa shape index (κ1) is 20.6. The fraction of sp³-hybridized carbons (Fsp3) is 0.500. The van der Waals surface area contributed by atoms with E-state index in [1.165, 1.54) is 24.3 Å². The van der Waals surface area contributed by atoms with Crippen LogP contribution in [0.3, 0.4) is 0 Å². The van der Waals surface area contributed by atoms with Crippen molar-refractivity contribution in [3.05, 3.63) is 35.6 Å². The summed E-state index contributed by atoms with van der Waals surface area (Å²) < 4.78 is 23.1. The Hall–Kier alpha value is -2.44. The summed E-state index contributed by atoms with van der Waals surface area (Å²) in [5.74, 6) is -1.34. The summed E-state index contributed by atoms with van der Waals surface area (Å²) in [6.45, 7) is 8.02. The van der Waals surface area contributed by atoms with Crippen LogP contribution < -0.4 is 0 Å². The SMILES string of the molecule is CCOC(=O)CCN(/N=C(\C(=O)OCC)c1ccc(F)cc1)C(C)C. The summed E-state index contributed by atoms with van der Waals surface area (Å²) in [6.07, 6.45) is 0.148. The minimum atomic E-state index is -0.601. The van der Waals surface area contributed by atoms with E-state index in [1.807, 2.05) is 13.8 Å². The fourth-order valence-corrected chi connectivity index (χ4v) is 2.01. The smallest absolute Gasteiger partial charge is 0.359 e. The molecule has 0 bridgehead atoms. The van der Waals surface area contributed by atoms with E-state index >= 15 is 0 Å². The third-order valence-electron chi connectivity index (χ3n) is 3.26. The number of benzene rings is 1. The predicted molar refractivity (Wildman–Crippen MR) is 92.7 cm³/mol. The van der Waals surface area contributed by atoms with Crippen LogP contribution in [-0.4, -0.2) is 48.5 Å². The van der Waals surface area contributed by atoms with E-state index in [9.17, 15) is 14.0 Å². The molecule has 1 aromatic rings. The Labute approximate surface area is 147 Å². The molecule has 0 aliphatic heterocycles. The molecule has 0 N–H and O–H groups in total. The van der Waals surface area contributed by atoms with Crippen LogP contribution in [0.5, 0.6) is 0 Å². The lowest BCUT2D eigenvalue weighted by Crippen LogP contribution is -2.32. The molecule has 0 aliphatic carbocycles. The third-order valence-corrected chi connectivity index (χ3v) is 3.26. The maximum absolute atomic E-state index is 13.2. The first-order valence-corrected chi connectivity index (χ1v) is 8.32. The Morgan fingerprint density at radius 2 is 1.72 bits per heavy atom. The van der Waals surface area contributed by atoms with Gasteiger partial charge in [0, 0.05) is 18.2 Å². The van der Waals surface area contributed by atoms with Crippen molar-refractivity contribution in [1.82, 2.24) is 5.01 Å². The van der Waals surface area contributed by atoms with E-state index in [-0.39, 0.29) is 30.8 Å². The molecule has 6 nitrogen and oxygen atoms in total. The van der Waals surface area contributed by atoms with Crippen molar-refractivity contribution in [1.29, 1.82) is 0 Å². The largest absolute Gasteiger partial charge is 0.466 e. The molecule has 138 valence electrons. The summed E-state index contributed by atoms with van der Waals surface area (Å²) in [5, 5.41) is 5.99. The molecular formula is C18H25FN2O4. The van der Waals surface area contributed by atoms with Crippen molar-refractivity contribution in [3.63, 3.8) is 0 Å². The van der Waals surface area contributed by atoms with Gasteiger partial charge >= 0.3 is 11.9 Å². The third kappa shape index (κ3) is 6.91. The van der Waals surface area contributed by atoms with Gasteiger partial charge in [0.05, 0.1) is 19.6 Å². The van der Waals surface area contributed by atoms with Gasteiger partial charge < -0.3 is 9.47 Å². The van der Waals surface area contributed by atoms with Gasteiger partial charge in [0.25, 0.3) is 0 Å². The summed E-state index contributed by atoms with van der Waals surface area (Å²) >= 11 is 0. The number of carbonyl (C=O) groups is 2. The number of rotatable bonds is 9. The van der Waals surface area contributed by atoms with Crippen molar-refractivity contribution in [3.8, 4) is 0 Å². The summed E-state index contributed by atoms with van der Waals surface area (Å²) in [5.41, 5.74) is 0.515. The van der Waals surface area contributed by atoms with E-state index in [2.05, 4.69) is 5.10 Å². The van der Waals surface area contributed by atoms with Crippen LogP contribution in [-0.2, 0) is 19.1 Å². The number of carbonyl (C=O) groups excluding carboxylic acids is 2. The minimum Gasteiger partial charge on any atom is -0.466 e. The molecule has 0 unspecified atom stereocenters. The summed E-state index contributed by atoms with van der Waals surface area (Å²) in [4.78, 5) is 23.8. The second-order valence-corrected chi connectivity index (χ2v) is 5.49.